The average Bonchev–Trinajstić information content (AvgIpc) is 2.84. The van der Waals surface area contributed by atoms with E-state index in [0.717, 1.165) is 17.2 Å². The summed E-state index contributed by atoms with van der Waals surface area (Å²) in [5.74, 6) is 0. The molecule has 0 atom stereocenters. The van der Waals surface area contributed by atoms with Gasteiger partial charge < -0.3 is 5.32 Å². The van der Waals surface area contributed by atoms with E-state index in [-0.39, 0.29) is 0 Å². The molecule has 2 aromatic rings. The number of nitrogens with one attached hydrogen (secondary N) is 1. The van der Waals surface area contributed by atoms with E-state index in [1.54, 1.807) is 22.7 Å². The van der Waals surface area contributed by atoms with E-state index in [1.807, 2.05) is 0 Å². The first kappa shape index (κ1) is 13.2. The summed E-state index contributed by atoms with van der Waals surface area (Å²) < 4.78 is 1.18. The fourth-order valence-corrected chi connectivity index (χ4v) is 3.79. The van der Waals surface area contributed by atoms with Crippen LogP contribution in [0.15, 0.2) is 15.9 Å². The molecular formula is C12H15BrN2S2. The van der Waals surface area contributed by atoms with Crippen LogP contribution in [-0.4, -0.2) is 11.0 Å². The molecule has 0 aliphatic heterocycles. The lowest BCUT2D eigenvalue weighted by molar-refractivity contribution is 0.583. The summed E-state index contributed by atoms with van der Waals surface area (Å²) in [6, 6.07) is 2.65. The molecule has 1 N–H and O–H groups in total. The molecule has 0 aliphatic carbocycles. The summed E-state index contributed by atoms with van der Waals surface area (Å²) in [5, 5.41) is 6.63. The Morgan fingerprint density at radius 1 is 1.47 bits per heavy atom. The SMILES string of the molecule is Cc1sc(-c2nc(CNC(C)C)cs2)cc1Br. The van der Waals surface area contributed by atoms with Gasteiger partial charge >= 0.3 is 0 Å². The highest BCUT2D eigenvalue weighted by atomic mass is 79.9. The van der Waals surface area contributed by atoms with Crippen molar-refractivity contribution in [2.75, 3.05) is 0 Å². The van der Waals surface area contributed by atoms with Gasteiger partial charge in [-0.2, -0.15) is 0 Å². The zero-order valence-electron chi connectivity index (χ0n) is 10.1. The Bertz CT molecular complexity index is 483. The highest BCUT2D eigenvalue weighted by Crippen LogP contribution is 2.35. The van der Waals surface area contributed by atoms with E-state index < -0.39 is 0 Å². The molecule has 0 spiro atoms. The molecule has 0 aromatic carbocycles. The topological polar surface area (TPSA) is 24.9 Å². The van der Waals surface area contributed by atoms with Crippen molar-refractivity contribution in [3.8, 4) is 9.88 Å². The van der Waals surface area contributed by atoms with Crippen LogP contribution in [0.3, 0.4) is 0 Å². The maximum atomic E-state index is 4.65. The lowest BCUT2D eigenvalue weighted by Crippen LogP contribution is -2.21. The van der Waals surface area contributed by atoms with Crippen LogP contribution in [0.4, 0.5) is 0 Å². The largest absolute Gasteiger partial charge is 0.309 e. The van der Waals surface area contributed by atoms with Crippen LogP contribution < -0.4 is 5.32 Å². The van der Waals surface area contributed by atoms with Crippen molar-refractivity contribution in [3.05, 3.63) is 26.5 Å². The highest BCUT2D eigenvalue weighted by molar-refractivity contribution is 9.10. The molecule has 2 aromatic heterocycles. The van der Waals surface area contributed by atoms with E-state index in [0.29, 0.717) is 6.04 Å². The molecule has 92 valence electrons. The Morgan fingerprint density at radius 2 is 2.24 bits per heavy atom. The quantitative estimate of drug-likeness (QED) is 0.896. The van der Waals surface area contributed by atoms with E-state index in [9.17, 15) is 0 Å². The predicted octanol–water partition coefficient (Wildman–Crippen LogP) is 4.44. The van der Waals surface area contributed by atoms with Crippen LogP contribution >= 0.6 is 38.6 Å². The molecule has 0 unspecified atom stereocenters. The first-order valence-electron chi connectivity index (χ1n) is 5.50. The number of hydrogen-bond acceptors (Lipinski definition) is 4. The van der Waals surface area contributed by atoms with Crippen LogP contribution in [0.1, 0.15) is 24.4 Å². The van der Waals surface area contributed by atoms with Crippen LogP contribution in [0.5, 0.6) is 0 Å². The van der Waals surface area contributed by atoms with E-state index >= 15 is 0 Å². The first-order chi connectivity index (χ1) is 8.06. The molecule has 0 aliphatic rings. The highest BCUT2D eigenvalue weighted by Gasteiger charge is 2.09. The third-order valence-corrected chi connectivity index (χ3v) is 5.51. The van der Waals surface area contributed by atoms with E-state index in [4.69, 9.17) is 0 Å². The molecule has 0 radical (unpaired) electrons. The summed E-state index contributed by atoms with van der Waals surface area (Å²) in [5.41, 5.74) is 1.13. The molecule has 2 nitrogen and oxygen atoms in total. The third kappa shape index (κ3) is 3.37. The summed E-state index contributed by atoms with van der Waals surface area (Å²) in [7, 11) is 0. The number of aryl methyl sites for hydroxylation is 1. The minimum Gasteiger partial charge on any atom is -0.309 e. The summed E-state index contributed by atoms with van der Waals surface area (Å²) in [6.45, 7) is 7.26. The van der Waals surface area contributed by atoms with Crippen molar-refractivity contribution in [3.63, 3.8) is 0 Å². The van der Waals surface area contributed by atoms with Crippen molar-refractivity contribution in [2.45, 2.75) is 33.4 Å². The van der Waals surface area contributed by atoms with Gasteiger partial charge in [-0.15, -0.1) is 22.7 Å². The van der Waals surface area contributed by atoms with E-state index in [2.05, 4.69) is 58.4 Å². The molecule has 5 heteroatoms. The second-order valence-corrected chi connectivity index (χ2v) is 7.16. The Labute approximate surface area is 118 Å². The Morgan fingerprint density at radius 3 is 2.82 bits per heavy atom. The Hall–Kier alpha value is -0.230. The van der Waals surface area contributed by atoms with Gasteiger partial charge in [-0.1, -0.05) is 13.8 Å². The monoisotopic (exact) mass is 330 g/mol. The maximum absolute atomic E-state index is 4.65. The predicted molar refractivity (Wildman–Crippen MR) is 79.8 cm³/mol. The van der Waals surface area contributed by atoms with Gasteiger partial charge in [-0.25, -0.2) is 4.98 Å². The van der Waals surface area contributed by atoms with Gasteiger partial charge in [0.25, 0.3) is 0 Å². The zero-order valence-corrected chi connectivity index (χ0v) is 13.3. The van der Waals surface area contributed by atoms with Crippen LogP contribution in [0.25, 0.3) is 9.88 Å². The number of hydrogen-bond donors (Lipinski definition) is 1. The molecular weight excluding hydrogens is 316 g/mol. The lowest BCUT2D eigenvalue weighted by Gasteiger charge is -2.04. The Kier molecular flexibility index (Phi) is 4.36. The third-order valence-electron chi connectivity index (χ3n) is 2.31. The van der Waals surface area contributed by atoms with Gasteiger partial charge in [0, 0.05) is 27.3 Å². The molecule has 17 heavy (non-hydrogen) atoms. The van der Waals surface area contributed by atoms with Gasteiger partial charge in [0.05, 0.1) is 10.6 Å². The molecule has 2 rings (SSSR count). The summed E-state index contributed by atoms with van der Waals surface area (Å²) in [4.78, 5) is 7.20. The Balaban J connectivity index is 2.12. The van der Waals surface area contributed by atoms with Crippen LogP contribution in [0, 0.1) is 6.92 Å². The van der Waals surface area contributed by atoms with Crippen molar-refractivity contribution in [2.24, 2.45) is 0 Å². The van der Waals surface area contributed by atoms with E-state index in [1.165, 1.54) is 14.2 Å². The smallest absolute Gasteiger partial charge is 0.133 e. The summed E-state index contributed by atoms with van der Waals surface area (Å²) in [6.07, 6.45) is 0. The number of aromatic nitrogens is 1. The minimum absolute atomic E-state index is 0.498. The van der Waals surface area contributed by atoms with Gasteiger partial charge in [0.15, 0.2) is 0 Å². The zero-order chi connectivity index (χ0) is 12.4. The lowest BCUT2D eigenvalue weighted by atomic mass is 10.3. The first-order valence-corrected chi connectivity index (χ1v) is 7.99. The number of thiazole rings is 1. The van der Waals surface area contributed by atoms with Crippen molar-refractivity contribution in [1.82, 2.24) is 10.3 Å². The molecule has 2 heterocycles. The fourth-order valence-electron chi connectivity index (χ4n) is 1.38. The van der Waals surface area contributed by atoms with Crippen molar-refractivity contribution < 1.29 is 0 Å². The maximum Gasteiger partial charge on any atom is 0.133 e. The molecule has 0 saturated heterocycles. The number of nitrogens with zero attached hydrogens (tertiary/aromatic N) is 1. The standard InChI is InChI=1S/C12H15BrN2S2/c1-7(2)14-5-9-6-16-12(15-9)11-4-10(13)8(3)17-11/h4,6-7,14H,5H2,1-3H3. The second kappa shape index (κ2) is 5.61. The number of thiophene rings is 1. The van der Waals surface area contributed by atoms with Gasteiger partial charge in [-0.3, -0.25) is 0 Å². The minimum atomic E-state index is 0.498. The van der Waals surface area contributed by atoms with Crippen molar-refractivity contribution >= 4 is 38.6 Å². The van der Waals surface area contributed by atoms with Crippen LogP contribution in [0.2, 0.25) is 0 Å². The van der Waals surface area contributed by atoms with Crippen molar-refractivity contribution in [1.29, 1.82) is 0 Å². The molecule has 0 saturated carbocycles. The molecule has 0 bridgehead atoms. The number of rotatable bonds is 4. The summed E-state index contributed by atoms with van der Waals surface area (Å²) >= 11 is 7.05. The average molecular weight is 331 g/mol. The van der Waals surface area contributed by atoms with Crippen LogP contribution in [-0.2, 0) is 6.54 Å². The molecule has 0 amide bonds. The normalized spacial score (nSPS) is 11.4. The fraction of sp³-hybridized carbons (Fsp3) is 0.417. The number of halogens is 1. The molecule has 0 fully saturated rings. The second-order valence-electron chi connectivity index (χ2n) is 4.19. The van der Waals surface area contributed by atoms with Gasteiger partial charge in [0.1, 0.15) is 5.01 Å². The van der Waals surface area contributed by atoms with Gasteiger partial charge in [0.2, 0.25) is 0 Å². The van der Waals surface area contributed by atoms with Gasteiger partial charge in [-0.05, 0) is 28.9 Å².